The summed E-state index contributed by atoms with van der Waals surface area (Å²) in [6.07, 6.45) is -1.17. The summed E-state index contributed by atoms with van der Waals surface area (Å²) in [6, 6.07) is 0.514. The molecule has 2 N–H and O–H groups in total. The van der Waals surface area contributed by atoms with Gasteiger partial charge in [0.05, 0.1) is 10.5 Å². The highest BCUT2D eigenvalue weighted by molar-refractivity contribution is 5.56. The van der Waals surface area contributed by atoms with Crippen LogP contribution in [-0.4, -0.2) is 29.5 Å². The van der Waals surface area contributed by atoms with Crippen LogP contribution in [0.1, 0.15) is 24.8 Å². The van der Waals surface area contributed by atoms with Gasteiger partial charge in [0.25, 0.3) is 0 Å². The highest BCUT2D eigenvalue weighted by Crippen LogP contribution is 2.33. The summed E-state index contributed by atoms with van der Waals surface area (Å²) in [5.41, 5.74) is -1.77. The molecule has 0 spiro atoms. The minimum atomic E-state index is -4.65. The molecule has 1 aromatic rings. The van der Waals surface area contributed by atoms with Crippen molar-refractivity contribution in [1.29, 1.82) is 0 Å². The van der Waals surface area contributed by atoms with Gasteiger partial charge >= 0.3 is 11.9 Å². The van der Waals surface area contributed by atoms with Crippen LogP contribution in [0.2, 0.25) is 0 Å². The third-order valence-corrected chi connectivity index (χ3v) is 3.70. The number of aromatic nitrogens is 1. The van der Waals surface area contributed by atoms with E-state index < -0.39 is 22.4 Å². The minimum absolute atomic E-state index is 0.119. The fourth-order valence-electron chi connectivity index (χ4n) is 2.45. The van der Waals surface area contributed by atoms with E-state index in [1.165, 1.54) is 0 Å². The van der Waals surface area contributed by atoms with Gasteiger partial charge in [-0.3, -0.25) is 10.1 Å². The first-order chi connectivity index (χ1) is 10.4. The summed E-state index contributed by atoms with van der Waals surface area (Å²) in [7, 11) is 0. The van der Waals surface area contributed by atoms with E-state index in [9.17, 15) is 23.3 Å². The molecule has 0 aromatic carbocycles. The monoisotopic (exact) mass is 318 g/mol. The topological polar surface area (TPSA) is 80.1 Å². The second-order valence-corrected chi connectivity index (χ2v) is 5.26. The molecule has 1 fully saturated rings. The van der Waals surface area contributed by atoms with Crippen molar-refractivity contribution >= 4 is 11.5 Å². The van der Waals surface area contributed by atoms with Crippen molar-refractivity contribution in [2.45, 2.75) is 25.4 Å². The Morgan fingerprint density at radius 2 is 2.09 bits per heavy atom. The van der Waals surface area contributed by atoms with Crippen molar-refractivity contribution < 1.29 is 18.1 Å². The summed E-state index contributed by atoms with van der Waals surface area (Å²) in [6.45, 7) is 2.34. The highest BCUT2D eigenvalue weighted by atomic mass is 19.4. The smallest absolute Gasteiger partial charge is 0.364 e. The Labute approximate surface area is 125 Å². The molecular formula is C13H17F3N4O2. The van der Waals surface area contributed by atoms with Crippen LogP contribution in [0.15, 0.2) is 12.3 Å². The van der Waals surface area contributed by atoms with E-state index in [0.29, 0.717) is 24.7 Å². The van der Waals surface area contributed by atoms with Gasteiger partial charge < -0.3 is 10.6 Å². The minimum Gasteiger partial charge on any atom is -0.364 e. The molecule has 0 radical (unpaired) electrons. The van der Waals surface area contributed by atoms with E-state index in [1.54, 1.807) is 0 Å². The molecule has 9 heteroatoms. The number of halogens is 3. The summed E-state index contributed by atoms with van der Waals surface area (Å²) in [5.74, 6) is 0.397. The van der Waals surface area contributed by atoms with E-state index >= 15 is 0 Å². The number of hydrogen-bond acceptors (Lipinski definition) is 5. The lowest BCUT2D eigenvalue weighted by Crippen LogP contribution is -2.28. The molecule has 1 aliphatic rings. The quantitative estimate of drug-likeness (QED) is 0.644. The number of anilines is 1. The number of alkyl halides is 3. The Morgan fingerprint density at radius 3 is 2.68 bits per heavy atom. The third-order valence-electron chi connectivity index (χ3n) is 3.70. The molecule has 122 valence electrons. The maximum absolute atomic E-state index is 12.6. The SMILES string of the molecule is O=[N+]([O-])c1cc(C(F)(F)F)cnc1NCCC1CCNCC1. The molecule has 1 aromatic heterocycles. The van der Waals surface area contributed by atoms with Crippen LogP contribution in [0.5, 0.6) is 0 Å². The summed E-state index contributed by atoms with van der Waals surface area (Å²) >= 11 is 0. The molecule has 2 heterocycles. The molecule has 0 amide bonds. The van der Waals surface area contributed by atoms with E-state index in [-0.39, 0.29) is 5.82 Å². The first-order valence-corrected chi connectivity index (χ1v) is 7.04. The molecular weight excluding hydrogens is 301 g/mol. The maximum atomic E-state index is 12.6. The second kappa shape index (κ2) is 6.91. The molecule has 0 bridgehead atoms. The zero-order valence-corrected chi connectivity index (χ0v) is 11.8. The van der Waals surface area contributed by atoms with E-state index in [2.05, 4.69) is 15.6 Å². The second-order valence-electron chi connectivity index (χ2n) is 5.26. The Balaban J connectivity index is 2.01. The number of pyridine rings is 1. The number of nitrogens with zero attached hydrogens (tertiary/aromatic N) is 2. The van der Waals surface area contributed by atoms with Crippen LogP contribution in [0.3, 0.4) is 0 Å². The Kier molecular flexibility index (Phi) is 5.17. The lowest BCUT2D eigenvalue weighted by molar-refractivity contribution is -0.384. The van der Waals surface area contributed by atoms with Crippen molar-refractivity contribution in [2.24, 2.45) is 5.92 Å². The van der Waals surface area contributed by atoms with Gasteiger partial charge in [-0.1, -0.05) is 0 Å². The van der Waals surface area contributed by atoms with Gasteiger partial charge in [0, 0.05) is 18.8 Å². The lowest BCUT2D eigenvalue weighted by Gasteiger charge is -2.22. The number of nitro groups is 1. The van der Waals surface area contributed by atoms with Crippen molar-refractivity contribution in [3.63, 3.8) is 0 Å². The van der Waals surface area contributed by atoms with Crippen molar-refractivity contribution in [1.82, 2.24) is 10.3 Å². The van der Waals surface area contributed by atoms with Crippen molar-refractivity contribution in [3.8, 4) is 0 Å². The molecule has 1 aliphatic heterocycles. The van der Waals surface area contributed by atoms with Crippen LogP contribution in [0.25, 0.3) is 0 Å². The van der Waals surface area contributed by atoms with Gasteiger partial charge in [0.15, 0.2) is 0 Å². The van der Waals surface area contributed by atoms with Gasteiger partial charge in [0.1, 0.15) is 0 Å². The summed E-state index contributed by atoms with van der Waals surface area (Å²) in [5, 5.41) is 16.9. The summed E-state index contributed by atoms with van der Waals surface area (Å²) in [4.78, 5) is 13.6. The van der Waals surface area contributed by atoms with Gasteiger partial charge in [-0.2, -0.15) is 13.2 Å². The van der Waals surface area contributed by atoms with Gasteiger partial charge in [0.2, 0.25) is 5.82 Å². The predicted molar refractivity (Wildman–Crippen MR) is 74.6 cm³/mol. The summed E-state index contributed by atoms with van der Waals surface area (Å²) < 4.78 is 37.7. The first-order valence-electron chi connectivity index (χ1n) is 7.04. The first kappa shape index (κ1) is 16.5. The number of rotatable bonds is 5. The van der Waals surface area contributed by atoms with Crippen LogP contribution in [0, 0.1) is 16.0 Å². The normalized spacial score (nSPS) is 16.5. The molecule has 0 unspecified atom stereocenters. The molecule has 22 heavy (non-hydrogen) atoms. The van der Waals surface area contributed by atoms with E-state index in [4.69, 9.17) is 0 Å². The molecule has 2 rings (SSSR count). The molecule has 1 saturated heterocycles. The fourth-order valence-corrected chi connectivity index (χ4v) is 2.45. The average Bonchev–Trinajstić information content (AvgIpc) is 2.47. The number of piperidine rings is 1. The number of hydrogen-bond donors (Lipinski definition) is 2. The van der Waals surface area contributed by atoms with Crippen LogP contribution < -0.4 is 10.6 Å². The van der Waals surface area contributed by atoms with Crippen LogP contribution in [0.4, 0.5) is 24.7 Å². The van der Waals surface area contributed by atoms with Gasteiger partial charge in [-0.05, 0) is 38.3 Å². The molecule has 6 nitrogen and oxygen atoms in total. The van der Waals surface area contributed by atoms with Gasteiger partial charge in [-0.25, -0.2) is 4.98 Å². The van der Waals surface area contributed by atoms with Crippen molar-refractivity contribution in [3.05, 3.63) is 27.9 Å². The third kappa shape index (κ3) is 4.30. The zero-order valence-electron chi connectivity index (χ0n) is 11.8. The Hall–Kier alpha value is -1.90. The van der Waals surface area contributed by atoms with Crippen LogP contribution in [-0.2, 0) is 6.18 Å². The van der Waals surface area contributed by atoms with Crippen LogP contribution >= 0.6 is 0 Å². The lowest BCUT2D eigenvalue weighted by atomic mass is 9.95. The van der Waals surface area contributed by atoms with Crippen molar-refractivity contribution in [2.75, 3.05) is 25.0 Å². The standard InChI is InChI=1S/C13H17F3N4O2/c14-13(15,16)10-7-11(20(21)22)12(19-8-10)18-6-3-9-1-4-17-5-2-9/h7-9,17H,1-6H2,(H,18,19). The van der Waals surface area contributed by atoms with E-state index in [0.717, 1.165) is 32.4 Å². The molecule has 0 atom stereocenters. The Morgan fingerprint density at radius 1 is 1.41 bits per heavy atom. The Bertz CT molecular complexity index is 531. The molecule has 0 aliphatic carbocycles. The largest absolute Gasteiger partial charge is 0.418 e. The molecule has 0 saturated carbocycles. The predicted octanol–water partition coefficient (Wildman–Crippen LogP) is 2.81. The van der Waals surface area contributed by atoms with Gasteiger partial charge in [-0.15, -0.1) is 0 Å². The van der Waals surface area contributed by atoms with E-state index in [1.807, 2.05) is 0 Å². The fraction of sp³-hybridized carbons (Fsp3) is 0.615. The average molecular weight is 318 g/mol. The maximum Gasteiger partial charge on any atom is 0.418 e. The zero-order chi connectivity index (χ0) is 16.2. The highest BCUT2D eigenvalue weighted by Gasteiger charge is 2.33. The number of nitrogens with one attached hydrogen (secondary N) is 2.